The van der Waals surface area contributed by atoms with Crippen LogP contribution in [0.5, 0.6) is 0 Å². The number of oxazole rings is 1. The Hall–Kier alpha value is -1.89. The van der Waals surface area contributed by atoms with Gasteiger partial charge in [-0.05, 0) is 13.3 Å². The molecule has 1 rings (SSSR count). The van der Waals surface area contributed by atoms with Gasteiger partial charge in [-0.1, -0.05) is 0 Å². The largest absolute Gasteiger partial charge is 0.481 e. The highest BCUT2D eigenvalue weighted by Gasteiger charge is 2.16. The lowest BCUT2D eigenvalue weighted by Crippen LogP contribution is -2.36. The summed E-state index contributed by atoms with van der Waals surface area (Å²) in [7, 11) is 0. The van der Waals surface area contributed by atoms with Gasteiger partial charge in [0.2, 0.25) is 5.91 Å². The summed E-state index contributed by atoms with van der Waals surface area (Å²) in [5.41, 5.74) is 6.11. The van der Waals surface area contributed by atoms with E-state index in [1.54, 1.807) is 6.92 Å². The van der Waals surface area contributed by atoms with E-state index in [0.29, 0.717) is 5.69 Å². The highest BCUT2D eigenvalue weighted by molar-refractivity contribution is 5.93. The topological polar surface area (TPSA) is 118 Å². The third kappa shape index (κ3) is 3.70. The van der Waals surface area contributed by atoms with Crippen LogP contribution in [0.4, 0.5) is 6.01 Å². The number of amides is 1. The molecule has 1 amide bonds. The Morgan fingerprint density at radius 3 is 2.88 bits per heavy atom. The van der Waals surface area contributed by atoms with E-state index in [1.807, 2.05) is 0 Å². The molecule has 0 aliphatic rings. The molecule has 0 saturated carbocycles. The van der Waals surface area contributed by atoms with Gasteiger partial charge in [-0.25, -0.2) is 0 Å². The van der Waals surface area contributed by atoms with E-state index >= 15 is 0 Å². The van der Waals surface area contributed by atoms with Gasteiger partial charge in [0.05, 0.1) is 11.7 Å². The second-order valence-corrected chi connectivity index (χ2v) is 3.32. The van der Waals surface area contributed by atoms with E-state index < -0.39 is 17.9 Å². The lowest BCUT2D eigenvalue weighted by atomic mass is 10.1. The van der Waals surface area contributed by atoms with Crippen LogP contribution in [0, 0.1) is 6.92 Å². The van der Waals surface area contributed by atoms with Crippen LogP contribution in [0.2, 0.25) is 0 Å². The summed E-state index contributed by atoms with van der Waals surface area (Å²) in [6.45, 7) is 1.71. The number of nitrogens with one attached hydrogen (secondary N) is 1. The molecule has 0 bridgehead atoms. The minimum absolute atomic E-state index is 0.0632. The average Bonchev–Trinajstić information content (AvgIpc) is 2.60. The summed E-state index contributed by atoms with van der Waals surface area (Å²) in [5, 5.41) is 10.8. The number of nitrogens with two attached hydrogens (primary N) is 1. The van der Waals surface area contributed by atoms with Crippen LogP contribution in [0.1, 0.15) is 18.5 Å². The monoisotopic (exact) mass is 227 g/mol. The molecular weight excluding hydrogens is 214 g/mol. The van der Waals surface area contributed by atoms with Crippen molar-refractivity contribution in [2.75, 3.05) is 5.32 Å². The number of hydrogen-bond acceptors (Lipinski definition) is 5. The SMILES string of the molecule is Cc1coc(NC(=O)C(N)CCC(=O)O)n1. The molecule has 0 aliphatic carbocycles. The van der Waals surface area contributed by atoms with Gasteiger partial charge in [-0.15, -0.1) is 0 Å². The molecule has 0 spiro atoms. The number of aliphatic carboxylic acids is 1. The standard InChI is InChI=1S/C9H13N3O4/c1-5-4-16-9(11-5)12-8(15)6(10)2-3-7(13)14/h4,6H,2-3,10H2,1H3,(H,13,14)(H,11,12,15). The zero-order chi connectivity index (χ0) is 12.1. The fourth-order valence-electron chi connectivity index (χ4n) is 1.02. The number of hydrogen-bond donors (Lipinski definition) is 3. The number of carboxylic acids is 1. The summed E-state index contributed by atoms with van der Waals surface area (Å²) in [4.78, 5) is 25.5. The molecule has 0 aliphatic heterocycles. The number of nitrogens with zero attached hydrogens (tertiary/aromatic N) is 1. The van der Waals surface area contributed by atoms with Gasteiger partial charge < -0.3 is 15.3 Å². The van der Waals surface area contributed by atoms with Crippen LogP contribution >= 0.6 is 0 Å². The Labute approximate surface area is 91.6 Å². The molecule has 0 fully saturated rings. The zero-order valence-corrected chi connectivity index (χ0v) is 8.77. The highest BCUT2D eigenvalue weighted by atomic mass is 16.4. The van der Waals surface area contributed by atoms with Crippen LogP contribution in [0.3, 0.4) is 0 Å². The summed E-state index contributed by atoms with van der Waals surface area (Å²) in [6, 6.07) is -0.823. The van der Waals surface area contributed by atoms with Gasteiger partial charge in [0.15, 0.2) is 0 Å². The first-order valence-electron chi connectivity index (χ1n) is 4.69. The van der Waals surface area contributed by atoms with Gasteiger partial charge in [-0.2, -0.15) is 4.98 Å². The molecule has 0 radical (unpaired) electrons. The smallest absolute Gasteiger partial charge is 0.303 e. The predicted molar refractivity (Wildman–Crippen MR) is 54.7 cm³/mol. The fraction of sp³-hybridized carbons (Fsp3) is 0.444. The maximum atomic E-state index is 11.4. The molecule has 1 aromatic heterocycles. The minimum atomic E-state index is -0.991. The van der Waals surface area contributed by atoms with Crippen LogP contribution in [0.15, 0.2) is 10.7 Å². The third-order valence-corrected chi connectivity index (χ3v) is 1.86. The summed E-state index contributed by atoms with van der Waals surface area (Å²) in [6.07, 6.45) is 1.30. The highest BCUT2D eigenvalue weighted by Crippen LogP contribution is 2.07. The Bertz CT molecular complexity index is 388. The molecule has 7 nitrogen and oxygen atoms in total. The van der Waals surface area contributed by atoms with Crippen LogP contribution < -0.4 is 11.1 Å². The maximum absolute atomic E-state index is 11.4. The lowest BCUT2D eigenvalue weighted by molar-refractivity contribution is -0.137. The van der Waals surface area contributed by atoms with E-state index in [9.17, 15) is 9.59 Å². The van der Waals surface area contributed by atoms with E-state index in [1.165, 1.54) is 6.26 Å². The normalized spacial score (nSPS) is 12.1. The van der Waals surface area contributed by atoms with E-state index in [0.717, 1.165) is 0 Å². The van der Waals surface area contributed by atoms with Gasteiger partial charge in [0.25, 0.3) is 0 Å². The van der Waals surface area contributed by atoms with Gasteiger partial charge in [0.1, 0.15) is 6.26 Å². The Balaban J connectivity index is 2.42. The first kappa shape index (κ1) is 12.2. The van der Waals surface area contributed by atoms with Gasteiger partial charge in [-0.3, -0.25) is 14.9 Å². The van der Waals surface area contributed by atoms with Crippen molar-refractivity contribution in [1.29, 1.82) is 0 Å². The van der Waals surface area contributed by atoms with E-state index in [4.69, 9.17) is 15.3 Å². The number of aryl methyl sites for hydroxylation is 1. The molecule has 1 aromatic rings. The van der Waals surface area contributed by atoms with Crippen molar-refractivity contribution < 1.29 is 19.1 Å². The van der Waals surface area contributed by atoms with E-state index in [2.05, 4.69) is 10.3 Å². The number of carboxylic acid groups (broad SMARTS) is 1. The second kappa shape index (κ2) is 5.26. The first-order valence-corrected chi connectivity index (χ1v) is 4.69. The van der Waals surface area contributed by atoms with Crippen LogP contribution in [0.25, 0.3) is 0 Å². The van der Waals surface area contributed by atoms with Crippen LogP contribution in [-0.2, 0) is 9.59 Å². The predicted octanol–water partition coefficient (Wildman–Crippen LogP) is 0.114. The molecule has 1 atom stereocenters. The minimum Gasteiger partial charge on any atom is -0.481 e. The Morgan fingerprint density at radius 2 is 2.38 bits per heavy atom. The number of carbonyl (C=O) groups excluding carboxylic acids is 1. The van der Waals surface area contributed by atoms with Crippen molar-refractivity contribution in [3.05, 3.63) is 12.0 Å². The average molecular weight is 227 g/mol. The maximum Gasteiger partial charge on any atom is 0.303 e. The van der Waals surface area contributed by atoms with Gasteiger partial charge in [0, 0.05) is 6.42 Å². The molecule has 16 heavy (non-hydrogen) atoms. The molecule has 7 heteroatoms. The molecular formula is C9H13N3O4. The summed E-state index contributed by atoms with van der Waals surface area (Å²) in [5.74, 6) is -1.50. The molecule has 1 heterocycles. The fourth-order valence-corrected chi connectivity index (χ4v) is 1.02. The second-order valence-electron chi connectivity index (χ2n) is 3.32. The van der Waals surface area contributed by atoms with Crippen LogP contribution in [-0.4, -0.2) is 28.0 Å². The number of rotatable bonds is 5. The number of carbonyl (C=O) groups is 2. The number of aromatic nitrogens is 1. The van der Waals surface area contributed by atoms with E-state index in [-0.39, 0.29) is 18.9 Å². The molecule has 4 N–H and O–H groups in total. The van der Waals surface area contributed by atoms with Crippen molar-refractivity contribution in [1.82, 2.24) is 4.98 Å². The summed E-state index contributed by atoms with van der Waals surface area (Å²) < 4.78 is 4.90. The number of anilines is 1. The van der Waals surface area contributed by atoms with Crippen molar-refractivity contribution in [3.8, 4) is 0 Å². The molecule has 0 aromatic carbocycles. The molecule has 88 valence electrons. The quantitative estimate of drug-likeness (QED) is 0.657. The molecule has 1 unspecified atom stereocenters. The molecule has 0 saturated heterocycles. The van der Waals surface area contributed by atoms with Crippen molar-refractivity contribution in [3.63, 3.8) is 0 Å². The zero-order valence-electron chi connectivity index (χ0n) is 8.77. The first-order chi connectivity index (χ1) is 7.49. The lowest BCUT2D eigenvalue weighted by Gasteiger charge is -2.08. The summed E-state index contributed by atoms with van der Waals surface area (Å²) >= 11 is 0. The van der Waals surface area contributed by atoms with Gasteiger partial charge >= 0.3 is 12.0 Å². The van der Waals surface area contributed by atoms with Crippen molar-refractivity contribution >= 4 is 17.9 Å². The van der Waals surface area contributed by atoms with Crippen molar-refractivity contribution in [2.45, 2.75) is 25.8 Å². The Kier molecular flexibility index (Phi) is 4.01. The third-order valence-electron chi connectivity index (χ3n) is 1.86. The van der Waals surface area contributed by atoms with Crippen molar-refractivity contribution in [2.24, 2.45) is 5.73 Å². The Morgan fingerprint density at radius 1 is 1.69 bits per heavy atom.